The smallest absolute Gasteiger partial charge is 0.330 e. The molecule has 25 heavy (non-hydrogen) atoms. The molecule has 1 aromatic heterocycles. The van der Waals surface area contributed by atoms with Gasteiger partial charge >= 0.3 is 5.69 Å². The summed E-state index contributed by atoms with van der Waals surface area (Å²) in [7, 11) is 1.36. The minimum absolute atomic E-state index is 0.249. The summed E-state index contributed by atoms with van der Waals surface area (Å²) in [6.45, 7) is -0.638. The van der Waals surface area contributed by atoms with Crippen molar-refractivity contribution in [1.82, 2.24) is 9.13 Å². The Morgan fingerprint density at radius 1 is 1.36 bits per heavy atom. The van der Waals surface area contributed by atoms with E-state index in [1.165, 1.54) is 19.2 Å². The summed E-state index contributed by atoms with van der Waals surface area (Å²) in [5.41, 5.74) is 3.18. The van der Waals surface area contributed by atoms with Crippen molar-refractivity contribution in [2.24, 2.45) is 12.8 Å². The molecule has 134 valence electrons. The van der Waals surface area contributed by atoms with Gasteiger partial charge in [0, 0.05) is 24.3 Å². The molecule has 1 aromatic carbocycles. The van der Waals surface area contributed by atoms with Gasteiger partial charge in [-0.05, 0) is 12.1 Å². The van der Waals surface area contributed by atoms with Crippen LogP contribution in [0.4, 0.5) is 0 Å². The Hall–Kier alpha value is -2.29. The van der Waals surface area contributed by atoms with Crippen molar-refractivity contribution < 1.29 is 14.6 Å². The van der Waals surface area contributed by atoms with Crippen molar-refractivity contribution in [1.29, 1.82) is 0 Å². The van der Waals surface area contributed by atoms with E-state index in [0.29, 0.717) is 14.6 Å². The van der Waals surface area contributed by atoms with Crippen molar-refractivity contribution in [3.8, 4) is 5.75 Å². The van der Waals surface area contributed by atoms with Crippen molar-refractivity contribution >= 4 is 29.1 Å². The predicted molar refractivity (Wildman–Crippen MR) is 92.4 cm³/mol. The number of nitrogens with zero attached hydrogens (tertiary/aromatic N) is 2. The van der Waals surface area contributed by atoms with Gasteiger partial charge in [-0.15, -0.1) is 0 Å². The van der Waals surface area contributed by atoms with Crippen molar-refractivity contribution in [2.75, 3.05) is 6.61 Å². The number of benzene rings is 1. The predicted octanol–water partition coefficient (Wildman–Crippen LogP) is 0.393. The lowest BCUT2D eigenvalue weighted by Gasteiger charge is -2.15. The molecule has 2 aromatic rings. The fourth-order valence-corrected chi connectivity index (χ4v) is 2.43. The summed E-state index contributed by atoms with van der Waals surface area (Å²) >= 11 is 11.8. The van der Waals surface area contributed by atoms with Crippen LogP contribution in [0.1, 0.15) is 10.4 Å². The van der Waals surface area contributed by atoms with Gasteiger partial charge in [0.1, 0.15) is 24.0 Å². The van der Waals surface area contributed by atoms with Crippen LogP contribution >= 0.6 is 23.2 Å². The first kappa shape index (κ1) is 19.0. The number of carbonyl (C=O) groups is 1. The van der Waals surface area contributed by atoms with Crippen LogP contribution in [0.2, 0.25) is 10.0 Å². The molecule has 0 fully saturated rings. The van der Waals surface area contributed by atoms with Gasteiger partial charge in [0.05, 0.1) is 11.6 Å². The average molecular weight is 388 g/mol. The zero-order valence-electron chi connectivity index (χ0n) is 13.1. The Bertz CT molecular complexity index is 922. The molecule has 0 radical (unpaired) electrons. The molecule has 1 amide bonds. The van der Waals surface area contributed by atoms with E-state index in [4.69, 9.17) is 33.7 Å². The monoisotopic (exact) mass is 387 g/mol. The summed E-state index contributed by atoms with van der Waals surface area (Å²) < 4.78 is 7.10. The quantitative estimate of drug-likeness (QED) is 0.743. The maximum absolute atomic E-state index is 12.2. The SMILES string of the molecule is Cn1cc(C(N)=O)c(=O)n(CC(O)COc2cc(Cl)ccc2Cl)c1=O. The molecule has 0 bridgehead atoms. The second kappa shape index (κ2) is 7.73. The highest BCUT2D eigenvalue weighted by atomic mass is 35.5. The van der Waals surface area contributed by atoms with Crippen LogP contribution in [0, 0.1) is 0 Å². The van der Waals surface area contributed by atoms with Gasteiger partial charge < -0.3 is 20.1 Å². The number of carbonyl (C=O) groups excluding carboxylic acids is 1. The molecule has 8 nitrogen and oxygen atoms in total. The third-order valence-electron chi connectivity index (χ3n) is 3.31. The number of primary amides is 1. The van der Waals surface area contributed by atoms with E-state index < -0.39 is 23.3 Å². The van der Waals surface area contributed by atoms with Gasteiger partial charge in [0.25, 0.3) is 11.5 Å². The van der Waals surface area contributed by atoms with E-state index >= 15 is 0 Å². The summed E-state index contributed by atoms with van der Waals surface area (Å²) in [6, 6.07) is 4.57. The van der Waals surface area contributed by atoms with E-state index in [-0.39, 0.29) is 24.5 Å². The molecule has 0 saturated carbocycles. The van der Waals surface area contributed by atoms with Crippen molar-refractivity contribution in [3.05, 3.63) is 60.8 Å². The van der Waals surface area contributed by atoms with Gasteiger partial charge in [-0.2, -0.15) is 0 Å². The molecule has 0 spiro atoms. The van der Waals surface area contributed by atoms with Crippen LogP contribution in [-0.2, 0) is 13.6 Å². The first-order valence-corrected chi connectivity index (χ1v) is 7.82. The fraction of sp³-hybridized carbons (Fsp3) is 0.267. The maximum Gasteiger partial charge on any atom is 0.330 e. The largest absolute Gasteiger partial charge is 0.489 e. The number of aryl methyl sites for hydroxylation is 1. The molecule has 0 saturated heterocycles. The fourth-order valence-electron chi connectivity index (χ4n) is 2.09. The highest BCUT2D eigenvalue weighted by Crippen LogP contribution is 2.27. The lowest BCUT2D eigenvalue weighted by atomic mass is 10.3. The van der Waals surface area contributed by atoms with Gasteiger partial charge in [0.2, 0.25) is 0 Å². The highest BCUT2D eigenvalue weighted by Gasteiger charge is 2.17. The number of aliphatic hydroxyl groups excluding tert-OH is 1. The molecule has 3 N–H and O–H groups in total. The number of amides is 1. The lowest BCUT2D eigenvalue weighted by Crippen LogP contribution is -2.45. The van der Waals surface area contributed by atoms with Gasteiger partial charge in [-0.1, -0.05) is 23.2 Å². The van der Waals surface area contributed by atoms with Crippen LogP contribution < -0.4 is 21.7 Å². The number of rotatable bonds is 6. The van der Waals surface area contributed by atoms with Crippen molar-refractivity contribution in [3.63, 3.8) is 0 Å². The summed E-state index contributed by atoms with van der Waals surface area (Å²) in [5.74, 6) is -0.717. The van der Waals surface area contributed by atoms with Crippen LogP contribution in [0.5, 0.6) is 5.75 Å². The topological polar surface area (TPSA) is 117 Å². The van der Waals surface area contributed by atoms with Gasteiger partial charge in [-0.3, -0.25) is 14.2 Å². The Kier molecular flexibility index (Phi) is 5.89. The molecular formula is C15H15Cl2N3O5. The average Bonchev–Trinajstić information content (AvgIpc) is 2.55. The van der Waals surface area contributed by atoms with E-state index in [0.717, 1.165) is 10.8 Å². The Balaban J connectivity index is 2.19. The van der Waals surface area contributed by atoms with Crippen LogP contribution in [0.3, 0.4) is 0 Å². The standard InChI is InChI=1S/C15H15Cl2N3O5/c1-19-6-10(13(18)22)14(23)20(15(19)24)5-9(21)7-25-12-4-8(16)2-3-11(12)17/h2-4,6,9,21H,5,7H2,1H3,(H2,18,22). The third kappa shape index (κ3) is 4.41. The number of halogens is 2. The van der Waals surface area contributed by atoms with Crippen molar-refractivity contribution in [2.45, 2.75) is 12.6 Å². The first-order valence-electron chi connectivity index (χ1n) is 7.07. The molecular weight excluding hydrogens is 373 g/mol. The highest BCUT2D eigenvalue weighted by molar-refractivity contribution is 6.34. The molecule has 1 atom stereocenters. The van der Waals surface area contributed by atoms with Crippen LogP contribution in [0.15, 0.2) is 34.0 Å². The molecule has 0 aliphatic carbocycles. The minimum Gasteiger partial charge on any atom is -0.489 e. The number of aromatic nitrogens is 2. The lowest BCUT2D eigenvalue weighted by molar-refractivity contribution is 0.0893. The number of hydrogen-bond acceptors (Lipinski definition) is 5. The summed E-state index contributed by atoms with van der Waals surface area (Å²) in [5, 5.41) is 10.8. The number of ether oxygens (including phenoxy) is 1. The number of aliphatic hydroxyl groups is 1. The third-order valence-corrected chi connectivity index (χ3v) is 3.86. The van der Waals surface area contributed by atoms with E-state index in [1.54, 1.807) is 6.07 Å². The Morgan fingerprint density at radius 2 is 2.04 bits per heavy atom. The molecule has 0 aliphatic heterocycles. The van der Waals surface area contributed by atoms with Gasteiger partial charge in [0.15, 0.2) is 0 Å². The normalized spacial score (nSPS) is 12.0. The summed E-state index contributed by atoms with van der Waals surface area (Å²) in [4.78, 5) is 35.5. The first-order chi connectivity index (χ1) is 11.7. The van der Waals surface area contributed by atoms with Crippen LogP contribution in [-0.4, -0.2) is 32.9 Å². The van der Waals surface area contributed by atoms with E-state index in [1.807, 2.05) is 0 Å². The zero-order valence-corrected chi connectivity index (χ0v) is 14.6. The zero-order chi connectivity index (χ0) is 18.7. The molecule has 0 aliphatic rings. The molecule has 10 heteroatoms. The number of nitrogens with two attached hydrogens (primary N) is 1. The van der Waals surface area contributed by atoms with E-state index in [9.17, 15) is 19.5 Å². The van der Waals surface area contributed by atoms with Gasteiger partial charge in [-0.25, -0.2) is 4.79 Å². The van der Waals surface area contributed by atoms with Crippen LogP contribution in [0.25, 0.3) is 0 Å². The second-order valence-electron chi connectivity index (χ2n) is 5.26. The Labute approximate surface area is 152 Å². The maximum atomic E-state index is 12.2. The minimum atomic E-state index is -1.22. The molecule has 2 rings (SSSR count). The second-order valence-corrected chi connectivity index (χ2v) is 6.10. The van der Waals surface area contributed by atoms with E-state index in [2.05, 4.69) is 0 Å². The summed E-state index contributed by atoms with van der Waals surface area (Å²) in [6.07, 6.45) is -0.165. The number of hydrogen-bond donors (Lipinski definition) is 2. The molecule has 1 heterocycles. The molecule has 1 unspecified atom stereocenters. The Morgan fingerprint density at radius 3 is 2.68 bits per heavy atom.